The van der Waals surface area contributed by atoms with Crippen molar-refractivity contribution in [3.05, 3.63) is 12.2 Å². The van der Waals surface area contributed by atoms with Gasteiger partial charge in [0.25, 0.3) is 0 Å². The predicted octanol–water partition coefficient (Wildman–Crippen LogP) is 3.93. The molecule has 0 spiro atoms. The lowest BCUT2D eigenvalue weighted by Crippen LogP contribution is -2.43. The minimum atomic E-state index is -1.67. The quantitative estimate of drug-likeness (QED) is 0.0887. The second kappa shape index (κ2) is 16.9. The molecule has 1 N–H and O–H groups in total. The number of ether oxygens (including phenoxy) is 3. The van der Waals surface area contributed by atoms with Gasteiger partial charge in [0.2, 0.25) is 0 Å². The van der Waals surface area contributed by atoms with Crippen LogP contribution in [0.1, 0.15) is 85.5 Å². The highest BCUT2D eigenvalue weighted by Gasteiger charge is 2.61. The third-order valence-corrected chi connectivity index (χ3v) is 6.24. The molecular weight excluding hydrogens is 464 g/mol. The number of allylic oxidation sites excluding steroid dienone is 1. The van der Waals surface area contributed by atoms with Gasteiger partial charge >= 0.3 is 17.9 Å². The first-order chi connectivity index (χ1) is 17.3. The van der Waals surface area contributed by atoms with Crippen LogP contribution in [0.15, 0.2) is 12.2 Å². The molecule has 36 heavy (non-hydrogen) atoms. The van der Waals surface area contributed by atoms with Gasteiger partial charge < -0.3 is 19.3 Å². The molecule has 1 fully saturated rings. The van der Waals surface area contributed by atoms with Gasteiger partial charge in [-0.1, -0.05) is 38.3 Å². The van der Waals surface area contributed by atoms with E-state index in [0.29, 0.717) is 25.9 Å². The molecule has 8 heteroatoms. The summed E-state index contributed by atoms with van der Waals surface area (Å²) in [5.41, 5.74) is -1.67. The zero-order valence-corrected chi connectivity index (χ0v) is 22.2. The van der Waals surface area contributed by atoms with Crippen LogP contribution in [-0.2, 0) is 33.4 Å². The van der Waals surface area contributed by atoms with Crippen LogP contribution in [0.2, 0.25) is 0 Å². The van der Waals surface area contributed by atoms with E-state index < -0.39 is 41.1 Å². The normalized spacial score (nSPS) is 22.1. The lowest BCUT2D eigenvalue weighted by molar-refractivity contribution is -0.162. The Hall–Kier alpha value is -2.66. The first-order valence-corrected chi connectivity index (χ1v) is 13.1. The molecule has 0 aromatic heterocycles. The predicted molar refractivity (Wildman–Crippen MR) is 134 cm³/mol. The summed E-state index contributed by atoms with van der Waals surface area (Å²) in [4.78, 5) is 50.9. The number of hydrogen-bond donors (Lipinski definition) is 1. The number of carbonyl (C=O) groups is 4. The molecule has 1 aliphatic rings. The first-order valence-electron chi connectivity index (χ1n) is 13.1. The number of ketones is 1. The number of carbonyl (C=O) groups excluding carboxylic acids is 4. The largest absolute Gasteiger partial charge is 0.466 e. The number of Topliss-reactive ketones (excluding diaryl/α,β-unsaturated/α-hetero) is 1. The van der Waals surface area contributed by atoms with Crippen molar-refractivity contribution in [2.45, 2.75) is 91.6 Å². The Morgan fingerprint density at radius 2 is 1.72 bits per heavy atom. The summed E-state index contributed by atoms with van der Waals surface area (Å²) in [6, 6.07) is 0. The van der Waals surface area contributed by atoms with E-state index in [1.54, 1.807) is 32.9 Å². The van der Waals surface area contributed by atoms with E-state index in [1.807, 2.05) is 0 Å². The fourth-order valence-corrected chi connectivity index (χ4v) is 4.35. The molecule has 0 aliphatic heterocycles. The SMILES string of the molecule is CCCCCC(O)/C=C/C1CC(C(=O)OCC)C(=O)C1(CC#CCCCC(=O)OCC)C(=O)OCC. The van der Waals surface area contributed by atoms with Crippen molar-refractivity contribution in [2.75, 3.05) is 19.8 Å². The smallest absolute Gasteiger partial charge is 0.321 e. The number of aliphatic hydroxyl groups excluding tert-OH is 1. The van der Waals surface area contributed by atoms with Gasteiger partial charge in [-0.25, -0.2) is 0 Å². The van der Waals surface area contributed by atoms with Crippen LogP contribution in [0.4, 0.5) is 0 Å². The van der Waals surface area contributed by atoms with Gasteiger partial charge in [0.05, 0.1) is 25.9 Å². The van der Waals surface area contributed by atoms with Gasteiger partial charge in [0.1, 0.15) is 11.3 Å². The van der Waals surface area contributed by atoms with Crippen molar-refractivity contribution < 1.29 is 38.5 Å². The van der Waals surface area contributed by atoms with E-state index in [0.717, 1.165) is 19.3 Å². The zero-order valence-electron chi connectivity index (χ0n) is 22.2. The standard InChI is InChI=1S/C28H42O8/c1-5-9-12-15-22(29)18-17-21-20-23(26(32)35-7-3)25(31)28(21,27(33)36-8-4)19-14-11-10-13-16-24(30)34-6-2/h17-18,21-23,29H,5-10,12-13,15-16,19-20H2,1-4H3/b18-17+. The summed E-state index contributed by atoms with van der Waals surface area (Å²) in [7, 11) is 0. The molecule has 1 rings (SSSR count). The number of rotatable bonds is 15. The topological polar surface area (TPSA) is 116 Å². The molecule has 0 amide bonds. The van der Waals surface area contributed by atoms with E-state index in [1.165, 1.54) is 0 Å². The molecule has 4 unspecified atom stereocenters. The van der Waals surface area contributed by atoms with Crippen LogP contribution in [0.5, 0.6) is 0 Å². The van der Waals surface area contributed by atoms with Crippen molar-refractivity contribution in [3.8, 4) is 11.8 Å². The van der Waals surface area contributed by atoms with Gasteiger partial charge in [-0.2, -0.15) is 0 Å². The summed E-state index contributed by atoms with van der Waals surface area (Å²) in [6.45, 7) is 7.63. The Kier molecular flexibility index (Phi) is 14.7. The summed E-state index contributed by atoms with van der Waals surface area (Å²) in [5, 5.41) is 10.4. The highest BCUT2D eigenvalue weighted by atomic mass is 16.5. The second-order valence-electron chi connectivity index (χ2n) is 8.84. The van der Waals surface area contributed by atoms with Crippen LogP contribution >= 0.6 is 0 Å². The maximum atomic E-state index is 13.6. The molecule has 8 nitrogen and oxygen atoms in total. The van der Waals surface area contributed by atoms with Gasteiger partial charge in [-0.05, 0) is 40.0 Å². The number of hydrogen-bond acceptors (Lipinski definition) is 8. The molecule has 202 valence electrons. The molecule has 4 atom stereocenters. The summed E-state index contributed by atoms with van der Waals surface area (Å²) >= 11 is 0. The minimum Gasteiger partial charge on any atom is -0.466 e. The third-order valence-electron chi connectivity index (χ3n) is 6.24. The van der Waals surface area contributed by atoms with E-state index in [4.69, 9.17) is 14.2 Å². The van der Waals surface area contributed by atoms with Gasteiger partial charge in [-0.3, -0.25) is 19.2 Å². The van der Waals surface area contributed by atoms with Crippen molar-refractivity contribution >= 4 is 23.7 Å². The average Bonchev–Trinajstić information content (AvgIpc) is 3.13. The lowest BCUT2D eigenvalue weighted by atomic mass is 9.73. The monoisotopic (exact) mass is 506 g/mol. The molecule has 0 radical (unpaired) electrons. The highest BCUT2D eigenvalue weighted by molar-refractivity contribution is 6.14. The number of esters is 3. The Morgan fingerprint density at radius 1 is 1.03 bits per heavy atom. The Labute approximate surface area is 215 Å². The van der Waals surface area contributed by atoms with Crippen LogP contribution in [0, 0.1) is 29.1 Å². The Bertz CT molecular complexity index is 821. The first kappa shape index (κ1) is 31.4. The molecule has 0 aromatic rings. The van der Waals surface area contributed by atoms with Crippen molar-refractivity contribution in [1.29, 1.82) is 0 Å². The number of aliphatic hydroxyl groups is 1. The van der Waals surface area contributed by atoms with Gasteiger partial charge in [0.15, 0.2) is 5.78 Å². The van der Waals surface area contributed by atoms with Crippen molar-refractivity contribution in [2.24, 2.45) is 17.3 Å². The van der Waals surface area contributed by atoms with E-state index in [9.17, 15) is 24.3 Å². The molecular formula is C28H42O8. The molecule has 0 saturated heterocycles. The molecule has 1 aliphatic carbocycles. The third kappa shape index (κ3) is 9.09. The highest BCUT2D eigenvalue weighted by Crippen LogP contribution is 2.48. The Balaban J connectivity index is 3.19. The van der Waals surface area contributed by atoms with Crippen molar-refractivity contribution in [1.82, 2.24) is 0 Å². The second-order valence-corrected chi connectivity index (χ2v) is 8.84. The van der Waals surface area contributed by atoms with Crippen molar-refractivity contribution in [3.63, 3.8) is 0 Å². The van der Waals surface area contributed by atoms with Gasteiger partial charge in [0, 0.05) is 25.2 Å². The fraction of sp³-hybridized carbons (Fsp3) is 0.714. The average molecular weight is 507 g/mol. The minimum absolute atomic E-state index is 0.0704. The van der Waals surface area contributed by atoms with E-state index >= 15 is 0 Å². The molecule has 0 heterocycles. The fourth-order valence-electron chi connectivity index (χ4n) is 4.35. The lowest BCUT2D eigenvalue weighted by Gasteiger charge is -2.28. The summed E-state index contributed by atoms with van der Waals surface area (Å²) in [5.74, 6) is 1.83. The van der Waals surface area contributed by atoms with E-state index in [-0.39, 0.29) is 38.4 Å². The van der Waals surface area contributed by atoms with Crippen LogP contribution < -0.4 is 0 Å². The zero-order chi connectivity index (χ0) is 27.0. The van der Waals surface area contributed by atoms with E-state index in [2.05, 4.69) is 18.8 Å². The molecule has 0 aromatic carbocycles. The summed E-state index contributed by atoms with van der Waals surface area (Å²) in [6.07, 6.45) is 7.06. The van der Waals surface area contributed by atoms with Crippen LogP contribution in [0.25, 0.3) is 0 Å². The van der Waals surface area contributed by atoms with Gasteiger partial charge in [-0.15, -0.1) is 11.8 Å². The Morgan fingerprint density at radius 3 is 2.36 bits per heavy atom. The van der Waals surface area contributed by atoms with Crippen LogP contribution in [-0.4, -0.2) is 54.7 Å². The maximum Gasteiger partial charge on any atom is 0.321 e. The molecule has 0 bridgehead atoms. The maximum absolute atomic E-state index is 13.6. The summed E-state index contributed by atoms with van der Waals surface area (Å²) < 4.78 is 15.3. The van der Waals surface area contributed by atoms with Crippen LogP contribution in [0.3, 0.4) is 0 Å². The number of unbranched alkanes of at least 4 members (excludes halogenated alkanes) is 3. The molecule has 1 saturated carbocycles.